The van der Waals surface area contributed by atoms with E-state index >= 15 is 0 Å². The van der Waals surface area contributed by atoms with E-state index in [4.69, 9.17) is 5.73 Å². The minimum atomic E-state index is 0. The number of amides is 1. The molecule has 2 rings (SSSR count). The molecule has 2 N–H and O–H groups in total. The normalized spacial score (nSPS) is 14.6. The van der Waals surface area contributed by atoms with E-state index in [2.05, 4.69) is 0 Å². The van der Waals surface area contributed by atoms with Gasteiger partial charge in [0.05, 0.1) is 0 Å². The summed E-state index contributed by atoms with van der Waals surface area (Å²) in [5.41, 5.74) is 7.34. The molecule has 4 heteroatoms. The lowest BCUT2D eigenvalue weighted by molar-refractivity contribution is 0.0745. The van der Waals surface area contributed by atoms with Crippen molar-refractivity contribution >= 4 is 18.3 Å². The Kier molecular flexibility index (Phi) is 5.63. The highest BCUT2D eigenvalue weighted by Crippen LogP contribution is 2.27. The van der Waals surface area contributed by atoms with Crippen LogP contribution in [0.2, 0.25) is 0 Å². The number of rotatable bonds is 4. The molecule has 0 radical (unpaired) electrons. The number of hydrogen-bond acceptors (Lipinski definition) is 2. The molecule has 0 heterocycles. The molecule has 100 valence electrons. The Balaban J connectivity index is 0.00000162. The van der Waals surface area contributed by atoms with Gasteiger partial charge in [0.15, 0.2) is 0 Å². The molecule has 1 amide bonds. The number of nitrogens with zero attached hydrogens (tertiary/aromatic N) is 1. The largest absolute Gasteiger partial charge is 0.341 e. The van der Waals surface area contributed by atoms with Crippen LogP contribution in [0.1, 0.15) is 35.2 Å². The lowest BCUT2D eigenvalue weighted by Gasteiger charge is -2.30. The summed E-state index contributed by atoms with van der Waals surface area (Å²) in [6, 6.07) is 7.57. The molecule has 1 aromatic rings. The summed E-state index contributed by atoms with van der Waals surface area (Å²) in [7, 11) is 1.89. The van der Waals surface area contributed by atoms with Gasteiger partial charge in [0.2, 0.25) is 0 Å². The molecule has 1 aliphatic carbocycles. The van der Waals surface area contributed by atoms with Crippen molar-refractivity contribution in [1.82, 2.24) is 4.90 Å². The second-order valence-electron chi connectivity index (χ2n) is 4.88. The number of benzene rings is 1. The van der Waals surface area contributed by atoms with E-state index in [0.29, 0.717) is 12.5 Å². The minimum Gasteiger partial charge on any atom is -0.341 e. The van der Waals surface area contributed by atoms with Gasteiger partial charge < -0.3 is 10.6 Å². The summed E-state index contributed by atoms with van der Waals surface area (Å²) >= 11 is 0. The van der Waals surface area contributed by atoms with Crippen LogP contribution in [0.15, 0.2) is 24.3 Å². The van der Waals surface area contributed by atoms with Crippen LogP contribution >= 0.6 is 12.4 Å². The number of carbonyl (C=O) groups is 1. The lowest BCUT2D eigenvalue weighted by atomic mass is 9.85. The van der Waals surface area contributed by atoms with Gasteiger partial charge in [-0.2, -0.15) is 0 Å². The molecule has 0 bridgehead atoms. The van der Waals surface area contributed by atoms with Crippen molar-refractivity contribution in [2.75, 3.05) is 13.6 Å². The SMILES string of the molecule is CN(CC1CCC1)C(=O)c1ccc(CN)cc1.Cl. The molecule has 0 spiro atoms. The fourth-order valence-corrected chi connectivity index (χ4v) is 2.15. The average molecular weight is 269 g/mol. The van der Waals surface area contributed by atoms with Crippen LogP contribution in [-0.2, 0) is 6.54 Å². The molecule has 0 aromatic heterocycles. The zero-order valence-corrected chi connectivity index (χ0v) is 11.6. The Labute approximate surface area is 115 Å². The Morgan fingerprint density at radius 2 is 1.94 bits per heavy atom. The fourth-order valence-electron chi connectivity index (χ4n) is 2.15. The van der Waals surface area contributed by atoms with Gasteiger partial charge in [0.25, 0.3) is 5.91 Å². The highest BCUT2D eigenvalue weighted by Gasteiger charge is 2.21. The van der Waals surface area contributed by atoms with Crippen LogP contribution in [0.5, 0.6) is 0 Å². The first-order valence-electron chi connectivity index (χ1n) is 6.25. The van der Waals surface area contributed by atoms with Gasteiger partial charge in [-0.3, -0.25) is 4.79 Å². The van der Waals surface area contributed by atoms with Crippen molar-refractivity contribution in [1.29, 1.82) is 0 Å². The summed E-state index contributed by atoms with van der Waals surface area (Å²) in [6.07, 6.45) is 3.85. The van der Waals surface area contributed by atoms with Gasteiger partial charge in [-0.1, -0.05) is 18.6 Å². The maximum absolute atomic E-state index is 12.1. The van der Waals surface area contributed by atoms with Crippen LogP contribution in [-0.4, -0.2) is 24.4 Å². The van der Waals surface area contributed by atoms with Gasteiger partial charge in [0, 0.05) is 25.7 Å². The van der Waals surface area contributed by atoms with E-state index in [9.17, 15) is 4.79 Å². The first kappa shape index (κ1) is 15.0. The first-order valence-corrected chi connectivity index (χ1v) is 6.25. The monoisotopic (exact) mass is 268 g/mol. The van der Waals surface area contributed by atoms with Crippen LogP contribution in [0.3, 0.4) is 0 Å². The molecule has 1 saturated carbocycles. The Morgan fingerprint density at radius 3 is 2.39 bits per heavy atom. The standard InChI is InChI=1S/C14H20N2O.ClH/c1-16(10-12-3-2-4-12)14(17)13-7-5-11(9-15)6-8-13;/h5-8,12H,2-4,9-10,15H2,1H3;1H. The Morgan fingerprint density at radius 1 is 1.33 bits per heavy atom. The minimum absolute atomic E-state index is 0. The van der Waals surface area contributed by atoms with Gasteiger partial charge in [-0.25, -0.2) is 0 Å². The van der Waals surface area contributed by atoms with Crippen LogP contribution in [0.25, 0.3) is 0 Å². The molecule has 18 heavy (non-hydrogen) atoms. The molecule has 0 unspecified atom stereocenters. The smallest absolute Gasteiger partial charge is 0.253 e. The topological polar surface area (TPSA) is 46.3 Å². The summed E-state index contributed by atoms with van der Waals surface area (Å²) < 4.78 is 0. The van der Waals surface area contributed by atoms with Crippen LogP contribution < -0.4 is 5.73 Å². The Bertz CT molecular complexity index is 387. The first-order chi connectivity index (χ1) is 8.20. The second-order valence-corrected chi connectivity index (χ2v) is 4.88. The Hall–Kier alpha value is -1.06. The third-order valence-corrected chi connectivity index (χ3v) is 3.54. The number of halogens is 1. The fraction of sp³-hybridized carbons (Fsp3) is 0.500. The number of carbonyl (C=O) groups excluding carboxylic acids is 1. The predicted molar refractivity (Wildman–Crippen MR) is 75.9 cm³/mol. The molecular weight excluding hydrogens is 248 g/mol. The molecule has 0 saturated heterocycles. The van der Waals surface area contributed by atoms with E-state index in [1.807, 2.05) is 36.2 Å². The zero-order valence-electron chi connectivity index (χ0n) is 10.8. The molecule has 3 nitrogen and oxygen atoms in total. The molecule has 1 aliphatic rings. The molecule has 1 fully saturated rings. The van der Waals surface area contributed by atoms with Crippen molar-refractivity contribution < 1.29 is 4.79 Å². The van der Waals surface area contributed by atoms with Gasteiger partial charge in [-0.05, 0) is 36.5 Å². The third-order valence-electron chi connectivity index (χ3n) is 3.54. The van der Waals surface area contributed by atoms with E-state index in [0.717, 1.165) is 17.7 Å². The van der Waals surface area contributed by atoms with Gasteiger partial charge >= 0.3 is 0 Å². The van der Waals surface area contributed by atoms with Crippen molar-refractivity contribution in [3.05, 3.63) is 35.4 Å². The zero-order chi connectivity index (χ0) is 12.3. The summed E-state index contributed by atoms with van der Waals surface area (Å²) in [5, 5.41) is 0. The highest BCUT2D eigenvalue weighted by molar-refractivity contribution is 5.94. The molecule has 1 aromatic carbocycles. The summed E-state index contributed by atoms with van der Waals surface area (Å²) in [6.45, 7) is 1.41. The quantitative estimate of drug-likeness (QED) is 0.912. The van der Waals surface area contributed by atoms with Gasteiger partial charge in [0.1, 0.15) is 0 Å². The van der Waals surface area contributed by atoms with Crippen molar-refractivity contribution in [3.63, 3.8) is 0 Å². The summed E-state index contributed by atoms with van der Waals surface area (Å²) in [4.78, 5) is 13.9. The van der Waals surface area contributed by atoms with Gasteiger partial charge in [-0.15, -0.1) is 12.4 Å². The maximum Gasteiger partial charge on any atom is 0.253 e. The third kappa shape index (κ3) is 3.47. The summed E-state index contributed by atoms with van der Waals surface area (Å²) in [5.74, 6) is 0.827. The van der Waals surface area contributed by atoms with E-state index in [-0.39, 0.29) is 18.3 Å². The molecule has 0 aliphatic heterocycles. The van der Waals surface area contributed by atoms with Crippen molar-refractivity contribution in [3.8, 4) is 0 Å². The average Bonchev–Trinajstić information content (AvgIpc) is 2.32. The number of hydrogen-bond donors (Lipinski definition) is 1. The van der Waals surface area contributed by atoms with Crippen LogP contribution in [0.4, 0.5) is 0 Å². The van der Waals surface area contributed by atoms with E-state index in [1.54, 1.807) is 0 Å². The predicted octanol–water partition coefficient (Wildman–Crippen LogP) is 2.44. The number of nitrogens with two attached hydrogens (primary N) is 1. The maximum atomic E-state index is 12.1. The lowest BCUT2D eigenvalue weighted by Crippen LogP contribution is -2.34. The highest BCUT2D eigenvalue weighted by atomic mass is 35.5. The van der Waals surface area contributed by atoms with Crippen molar-refractivity contribution in [2.24, 2.45) is 11.7 Å². The molecular formula is C14H21ClN2O. The van der Waals surface area contributed by atoms with E-state index < -0.39 is 0 Å². The van der Waals surface area contributed by atoms with E-state index in [1.165, 1.54) is 19.3 Å². The second kappa shape index (κ2) is 6.76. The van der Waals surface area contributed by atoms with Crippen molar-refractivity contribution in [2.45, 2.75) is 25.8 Å². The van der Waals surface area contributed by atoms with Crippen LogP contribution in [0, 0.1) is 5.92 Å². The molecule has 0 atom stereocenters.